The highest BCUT2D eigenvalue weighted by Gasteiger charge is 2.42. The third-order valence-electron chi connectivity index (χ3n) is 4.53. The number of halogens is 4. The zero-order valence-electron chi connectivity index (χ0n) is 12.3. The van der Waals surface area contributed by atoms with E-state index in [1.54, 1.807) is 4.90 Å². The Morgan fingerprint density at radius 3 is 2.39 bits per heavy atom. The van der Waals surface area contributed by atoms with Crippen LogP contribution in [-0.4, -0.2) is 36.3 Å². The normalized spacial score (nSPS) is 26.6. The van der Waals surface area contributed by atoms with Crippen LogP contribution < -0.4 is 10.5 Å². The molecular formula is C15H18ClF3N2O2. The molecule has 1 heterocycles. The van der Waals surface area contributed by atoms with Gasteiger partial charge >= 0.3 is 6.36 Å². The van der Waals surface area contributed by atoms with Crippen molar-refractivity contribution < 1.29 is 22.7 Å². The van der Waals surface area contributed by atoms with Crippen molar-refractivity contribution in [3.05, 3.63) is 29.8 Å². The van der Waals surface area contributed by atoms with E-state index < -0.39 is 6.36 Å². The van der Waals surface area contributed by atoms with Gasteiger partial charge in [0.15, 0.2) is 0 Å². The quantitative estimate of drug-likeness (QED) is 0.892. The Bertz CT molecular complexity index is 565. The molecule has 1 saturated carbocycles. The van der Waals surface area contributed by atoms with Gasteiger partial charge in [-0.15, -0.1) is 25.6 Å². The molecule has 0 spiro atoms. The largest absolute Gasteiger partial charge is 0.573 e. The minimum Gasteiger partial charge on any atom is -0.406 e. The maximum atomic E-state index is 12.4. The highest BCUT2D eigenvalue weighted by molar-refractivity contribution is 5.94. The van der Waals surface area contributed by atoms with Crippen LogP contribution >= 0.6 is 12.4 Å². The fourth-order valence-corrected chi connectivity index (χ4v) is 3.46. The molecule has 23 heavy (non-hydrogen) atoms. The van der Waals surface area contributed by atoms with E-state index >= 15 is 0 Å². The molecule has 2 N–H and O–H groups in total. The summed E-state index contributed by atoms with van der Waals surface area (Å²) in [6.07, 6.45) is -2.69. The number of carbonyl (C=O) groups is 1. The number of likely N-dealkylation sites (tertiary alicyclic amines) is 1. The van der Waals surface area contributed by atoms with Gasteiger partial charge in [0.05, 0.1) is 0 Å². The molecule has 4 nitrogen and oxygen atoms in total. The molecule has 3 rings (SSSR count). The average molecular weight is 351 g/mol. The third-order valence-corrected chi connectivity index (χ3v) is 4.53. The minimum absolute atomic E-state index is 0. The Labute approximate surface area is 138 Å². The number of hydrogen-bond donors (Lipinski definition) is 1. The van der Waals surface area contributed by atoms with Gasteiger partial charge < -0.3 is 15.4 Å². The van der Waals surface area contributed by atoms with Crippen molar-refractivity contribution in [3.8, 4) is 5.75 Å². The van der Waals surface area contributed by atoms with Crippen LogP contribution in [0.4, 0.5) is 13.2 Å². The predicted molar refractivity (Wildman–Crippen MR) is 80.5 cm³/mol. The minimum atomic E-state index is -4.73. The van der Waals surface area contributed by atoms with Gasteiger partial charge in [-0.3, -0.25) is 4.79 Å². The van der Waals surface area contributed by atoms with Gasteiger partial charge in [-0.2, -0.15) is 0 Å². The molecule has 128 valence electrons. The van der Waals surface area contributed by atoms with Crippen molar-refractivity contribution in [3.63, 3.8) is 0 Å². The first-order valence-electron chi connectivity index (χ1n) is 7.24. The monoisotopic (exact) mass is 350 g/mol. The molecule has 3 atom stereocenters. The van der Waals surface area contributed by atoms with Gasteiger partial charge in [-0.1, -0.05) is 0 Å². The van der Waals surface area contributed by atoms with Crippen LogP contribution in [0, 0.1) is 11.8 Å². The topological polar surface area (TPSA) is 55.6 Å². The number of alkyl halides is 3. The summed E-state index contributed by atoms with van der Waals surface area (Å²) in [6, 6.07) is 5.17. The van der Waals surface area contributed by atoms with Gasteiger partial charge in [-0.25, -0.2) is 0 Å². The van der Waals surface area contributed by atoms with Crippen LogP contribution in [0.5, 0.6) is 5.75 Å². The van der Waals surface area contributed by atoms with Crippen molar-refractivity contribution in [1.29, 1.82) is 0 Å². The smallest absolute Gasteiger partial charge is 0.406 e. The highest BCUT2D eigenvalue weighted by atomic mass is 35.5. The molecule has 1 aliphatic carbocycles. The summed E-state index contributed by atoms with van der Waals surface area (Å²) in [7, 11) is 0. The lowest BCUT2D eigenvalue weighted by Crippen LogP contribution is -2.33. The van der Waals surface area contributed by atoms with Crippen LogP contribution in [-0.2, 0) is 0 Å². The van der Waals surface area contributed by atoms with E-state index in [1.807, 2.05) is 0 Å². The van der Waals surface area contributed by atoms with Gasteiger partial charge in [0.25, 0.3) is 5.91 Å². The Kier molecular flexibility index (Phi) is 5.10. The summed E-state index contributed by atoms with van der Waals surface area (Å²) >= 11 is 0. The number of carbonyl (C=O) groups excluding carboxylic acids is 1. The van der Waals surface area contributed by atoms with Crippen molar-refractivity contribution in [2.75, 3.05) is 13.1 Å². The molecular weight excluding hydrogens is 333 g/mol. The summed E-state index contributed by atoms with van der Waals surface area (Å²) in [5, 5.41) is 0. The molecule has 2 fully saturated rings. The average Bonchev–Trinajstić information content (AvgIpc) is 3.00. The van der Waals surface area contributed by atoms with Crippen molar-refractivity contribution in [1.82, 2.24) is 4.90 Å². The lowest BCUT2D eigenvalue weighted by Gasteiger charge is -2.19. The van der Waals surface area contributed by atoms with Crippen molar-refractivity contribution in [2.45, 2.75) is 25.2 Å². The Morgan fingerprint density at radius 2 is 1.83 bits per heavy atom. The van der Waals surface area contributed by atoms with Gasteiger partial charge in [-0.05, 0) is 48.9 Å². The Hall–Kier alpha value is -1.47. The number of nitrogens with zero attached hydrogens (tertiary/aromatic N) is 1. The predicted octanol–water partition coefficient (Wildman–Crippen LogP) is 2.82. The molecule has 1 aliphatic heterocycles. The van der Waals surface area contributed by atoms with E-state index in [1.165, 1.54) is 12.1 Å². The zero-order chi connectivity index (χ0) is 15.9. The summed E-state index contributed by atoms with van der Waals surface area (Å²) < 4.78 is 40.1. The number of fused-ring (bicyclic) bond motifs is 1. The van der Waals surface area contributed by atoms with Crippen molar-refractivity contribution >= 4 is 18.3 Å². The molecule has 2 aliphatic rings. The number of rotatable bonds is 2. The molecule has 3 unspecified atom stereocenters. The van der Waals surface area contributed by atoms with E-state index in [0.29, 0.717) is 30.5 Å². The number of amides is 1. The van der Waals surface area contributed by atoms with E-state index in [0.717, 1.165) is 25.0 Å². The van der Waals surface area contributed by atoms with Crippen LogP contribution in [0.2, 0.25) is 0 Å². The Balaban J connectivity index is 0.00000192. The summed E-state index contributed by atoms with van der Waals surface area (Å²) in [5.74, 6) is 0.299. The van der Waals surface area contributed by atoms with E-state index in [-0.39, 0.29) is 30.1 Å². The SMILES string of the molecule is Cl.NC1CCC2CN(C(=O)c3ccc(OC(F)(F)F)cc3)CC12. The van der Waals surface area contributed by atoms with E-state index in [9.17, 15) is 18.0 Å². The van der Waals surface area contributed by atoms with Gasteiger partial charge in [0.2, 0.25) is 0 Å². The molecule has 1 saturated heterocycles. The van der Waals surface area contributed by atoms with Crippen LogP contribution in [0.3, 0.4) is 0 Å². The van der Waals surface area contributed by atoms with Crippen LogP contribution in [0.15, 0.2) is 24.3 Å². The molecule has 0 radical (unpaired) electrons. The fourth-order valence-electron chi connectivity index (χ4n) is 3.46. The third kappa shape index (κ3) is 3.90. The second-order valence-electron chi connectivity index (χ2n) is 5.95. The molecule has 0 bridgehead atoms. The zero-order valence-corrected chi connectivity index (χ0v) is 13.1. The van der Waals surface area contributed by atoms with Gasteiger partial charge in [0, 0.05) is 24.7 Å². The summed E-state index contributed by atoms with van der Waals surface area (Å²) in [6.45, 7) is 1.31. The molecule has 1 aromatic rings. The summed E-state index contributed by atoms with van der Waals surface area (Å²) in [4.78, 5) is 14.1. The van der Waals surface area contributed by atoms with Crippen LogP contribution in [0.25, 0.3) is 0 Å². The lowest BCUT2D eigenvalue weighted by atomic mass is 9.98. The standard InChI is InChI=1S/C15H17F3N2O2.ClH/c16-15(17,18)22-11-4-1-9(2-5-11)14(21)20-7-10-3-6-13(19)12(10)8-20;/h1-2,4-5,10,12-13H,3,6-8,19H2;1H. The second kappa shape index (κ2) is 6.57. The maximum absolute atomic E-state index is 12.4. The molecule has 0 aromatic heterocycles. The number of nitrogens with two attached hydrogens (primary N) is 1. The van der Waals surface area contributed by atoms with Crippen molar-refractivity contribution in [2.24, 2.45) is 17.6 Å². The number of ether oxygens (including phenoxy) is 1. The second-order valence-corrected chi connectivity index (χ2v) is 5.95. The maximum Gasteiger partial charge on any atom is 0.573 e. The molecule has 8 heteroatoms. The fraction of sp³-hybridized carbons (Fsp3) is 0.533. The Morgan fingerprint density at radius 1 is 1.17 bits per heavy atom. The van der Waals surface area contributed by atoms with E-state index in [4.69, 9.17) is 5.73 Å². The first-order valence-corrected chi connectivity index (χ1v) is 7.24. The number of hydrogen-bond acceptors (Lipinski definition) is 3. The number of benzene rings is 1. The van der Waals surface area contributed by atoms with Gasteiger partial charge in [0.1, 0.15) is 5.75 Å². The first-order chi connectivity index (χ1) is 10.3. The molecule has 1 aromatic carbocycles. The first kappa shape index (κ1) is 17.9. The highest BCUT2D eigenvalue weighted by Crippen LogP contribution is 2.37. The summed E-state index contributed by atoms with van der Waals surface area (Å²) in [5.41, 5.74) is 6.40. The van der Waals surface area contributed by atoms with E-state index in [2.05, 4.69) is 4.74 Å². The molecule has 1 amide bonds. The van der Waals surface area contributed by atoms with Crippen LogP contribution in [0.1, 0.15) is 23.2 Å². The lowest BCUT2D eigenvalue weighted by molar-refractivity contribution is -0.274.